The third-order valence-electron chi connectivity index (χ3n) is 1.86. The van der Waals surface area contributed by atoms with Gasteiger partial charge >= 0.3 is 0 Å². The molecule has 0 amide bonds. The monoisotopic (exact) mass is 287 g/mol. The van der Waals surface area contributed by atoms with Crippen LogP contribution < -0.4 is 10.1 Å². The van der Waals surface area contributed by atoms with Crippen LogP contribution >= 0.6 is 23.4 Å². The molecule has 1 rings (SSSR count). The van der Waals surface area contributed by atoms with Gasteiger partial charge in [0.25, 0.3) is 0 Å². The highest BCUT2D eigenvalue weighted by Gasteiger charge is 2.11. The summed E-state index contributed by atoms with van der Waals surface area (Å²) in [4.78, 5) is 4.06. The lowest BCUT2D eigenvalue weighted by atomic mass is 10.3. The molecule has 0 aliphatic heterocycles. The summed E-state index contributed by atoms with van der Waals surface area (Å²) >= 11 is 7.13. The van der Waals surface area contributed by atoms with Crippen molar-refractivity contribution in [3.8, 4) is 11.9 Å². The van der Waals surface area contributed by atoms with Crippen molar-refractivity contribution < 1.29 is 9.13 Å². The normalized spacial score (nSPS) is 10.9. The number of rotatable bonds is 3. The van der Waals surface area contributed by atoms with Crippen molar-refractivity contribution in [1.29, 1.82) is 5.26 Å². The largest absolute Gasteiger partial charge is 0.489 e. The van der Waals surface area contributed by atoms with Gasteiger partial charge in [-0.2, -0.15) is 5.26 Å². The summed E-state index contributed by atoms with van der Waals surface area (Å²) < 4.78 is 18.7. The van der Waals surface area contributed by atoms with Crippen molar-refractivity contribution in [3.63, 3.8) is 0 Å². The second-order valence-corrected chi connectivity index (χ2v) is 4.23. The molecule has 0 unspecified atom stereocenters. The van der Waals surface area contributed by atoms with Gasteiger partial charge < -0.3 is 4.74 Å². The minimum Gasteiger partial charge on any atom is -0.489 e. The number of ether oxygens (including phenoxy) is 1. The van der Waals surface area contributed by atoms with Crippen molar-refractivity contribution in [2.24, 2.45) is 4.99 Å². The van der Waals surface area contributed by atoms with Gasteiger partial charge in [-0.15, -0.1) is 0 Å². The lowest BCUT2D eigenvalue weighted by Gasteiger charge is -2.08. The molecule has 7 heteroatoms. The molecule has 0 aliphatic carbocycles. The topological polar surface area (TPSA) is 57.4 Å². The zero-order valence-electron chi connectivity index (χ0n) is 9.83. The summed E-state index contributed by atoms with van der Waals surface area (Å²) in [5.74, 6) is -0.572. The number of hydrogen-bond donors (Lipinski definition) is 1. The lowest BCUT2D eigenvalue weighted by molar-refractivity contribution is 0.322. The Kier molecular flexibility index (Phi) is 5.75. The maximum absolute atomic E-state index is 13.7. The summed E-state index contributed by atoms with van der Waals surface area (Å²) in [6, 6.07) is 2.68. The summed E-state index contributed by atoms with van der Waals surface area (Å²) in [5, 5.41) is 11.4. The van der Waals surface area contributed by atoms with Crippen molar-refractivity contribution in [3.05, 3.63) is 23.0 Å². The number of halogens is 2. The van der Waals surface area contributed by atoms with Crippen LogP contribution in [0.3, 0.4) is 0 Å². The molecule has 0 radical (unpaired) electrons. The molecule has 0 aliphatic rings. The Hall–Kier alpha value is -1.45. The van der Waals surface area contributed by atoms with Crippen LogP contribution in [0.25, 0.3) is 0 Å². The molecule has 1 aromatic rings. The minimum atomic E-state index is -0.583. The van der Waals surface area contributed by atoms with E-state index in [9.17, 15) is 4.39 Å². The Bertz CT molecular complexity index is 479. The molecule has 18 heavy (non-hydrogen) atoms. The van der Waals surface area contributed by atoms with E-state index in [1.54, 1.807) is 19.4 Å². The fourth-order valence-corrected chi connectivity index (χ4v) is 1.78. The highest BCUT2D eigenvalue weighted by Crippen LogP contribution is 2.32. The Morgan fingerprint density at radius 1 is 1.67 bits per heavy atom. The van der Waals surface area contributed by atoms with Crippen LogP contribution in [0.4, 0.5) is 10.1 Å². The standard InChI is InChI=1S/C11H11ClFN3OS/c1-3-17-10-8(12)4-7(5-9(10)13)16-11(18-2)15-6-14/h4-5H,3H2,1-2H3,(H,15,16). The van der Waals surface area contributed by atoms with Crippen LogP contribution in [0.15, 0.2) is 17.1 Å². The predicted molar refractivity (Wildman–Crippen MR) is 71.9 cm³/mol. The van der Waals surface area contributed by atoms with Gasteiger partial charge in [0, 0.05) is 6.07 Å². The van der Waals surface area contributed by atoms with Crippen molar-refractivity contribution >= 4 is 34.2 Å². The first-order chi connectivity index (χ1) is 8.62. The van der Waals surface area contributed by atoms with Crippen LogP contribution in [0.5, 0.6) is 5.75 Å². The minimum absolute atomic E-state index is 0.0112. The number of hydrogen-bond acceptors (Lipinski definition) is 4. The van der Waals surface area contributed by atoms with E-state index in [4.69, 9.17) is 21.6 Å². The average Bonchev–Trinajstić information content (AvgIpc) is 2.33. The number of aliphatic imine (C=N–C) groups is 1. The van der Waals surface area contributed by atoms with Crippen molar-refractivity contribution in [1.82, 2.24) is 5.32 Å². The molecule has 96 valence electrons. The Labute approximate surface area is 114 Å². The maximum atomic E-state index is 13.7. The molecular formula is C11H11ClFN3OS. The molecule has 0 saturated heterocycles. The number of nitriles is 1. The van der Waals surface area contributed by atoms with E-state index < -0.39 is 5.82 Å². The molecule has 0 saturated carbocycles. The van der Waals surface area contributed by atoms with Crippen LogP contribution in [-0.4, -0.2) is 18.0 Å². The first-order valence-corrected chi connectivity index (χ1v) is 6.62. The number of thioether (sulfide) groups is 1. The summed E-state index contributed by atoms with van der Waals surface area (Å²) in [5.41, 5.74) is 0.313. The molecule has 0 aromatic heterocycles. The van der Waals surface area contributed by atoms with Gasteiger partial charge in [0.1, 0.15) is 0 Å². The molecule has 0 heterocycles. The third kappa shape index (κ3) is 3.79. The molecule has 1 aromatic carbocycles. The Morgan fingerprint density at radius 2 is 2.39 bits per heavy atom. The van der Waals surface area contributed by atoms with Crippen molar-refractivity contribution in [2.45, 2.75) is 6.92 Å². The summed E-state index contributed by atoms with van der Waals surface area (Å²) in [7, 11) is 0. The highest BCUT2D eigenvalue weighted by molar-refractivity contribution is 8.13. The fourth-order valence-electron chi connectivity index (χ4n) is 1.18. The first-order valence-electron chi connectivity index (χ1n) is 5.02. The van der Waals surface area contributed by atoms with Crippen LogP contribution in [0.1, 0.15) is 6.92 Å². The van der Waals surface area contributed by atoms with Crippen LogP contribution in [0.2, 0.25) is 5.02 Å². The molecule has 0 spiro atoms. The second kappa shape index (κ2) is 7.09. The van der Waals surface area contributed by atoms with Gasteiger partial charge in [-0.25, -0.2) is 9.38 Å². The average molecular weight is 288 g/mol. The fraction of sp³-hybridized carbons (Fsp3) is 0.273. The van der Waals surface area contributed by atoms with Gasteiger partial charge in [0.15, 0.2) is 22.9 Å². The number of amidine groups is 1. The maximum Gasteiger partial charge on any atom is 0.183 e. The third-order valence-corrected chi connectivity index (χ3v) is 2.72. The van der Waals surface area contributed by atoms with E-state index in [1.165, 1.54) is 23.9 Å². The number of nitrogens with one attached hydrogen (secondary N) is 1. The van der Waals surface area contributed by atoms with E-state index >= 15 is 0 Å². The van der Waals surface area contributed by atoms with Gasteiger partial charge in [-0.1, -0.05) is 23.4 Å². The van der Waals surface area contributed by atoms with Gasteiger partial charge in [-0.05, 0) is 19.2 Å². The molecule has 0 atom stereocenters. The lowest BCUT2D eigenvalue weighted by Crippen LogP contribution is -2.12. The van der Waals surface area contributed by atoms with E-state index in [1.807, 2.05) is 0 Å². The SMILES string of the molecule is CCOc1c(F)cc(N=C(NC#N)SC)cc1Cl. The first kappa shape index (κ1) is 14.6. The van der Waals surface area contributed by atoms with Crippen molar-refractivity contribution in [2.75, 3.05) is 12.9 Å². The van der Waals surface area contributed by atoms with E-state index in [2.05, 4.69) is 10.3 Å². The summed E-state index contributed by atoms with van der Waals surface area (Å²) in [6.07, 6.45) is 3.49. The highest BCUT2D eigenvalue weighted by atomic mass is 35.5. The quantitative estimate of drug-likeness (QED) is 0.401. The molecular weight excluding hydrogens is 277 g/mol. The number of nitrogens with zero attached hydrogens (tertiary/aromatic N) is 2. The van der Waals surface area contributed by atoms with E-state index in [0.717, 1.165) is 0 Å². The van der Waals surface area contributed by atoms with Crippen LogP contribution in [-0.2, 0) is 0 Å². The number of benzene rings is 1. The Balaban J connectivity index is 3.10. The Morgan fingerprint density at radius 3 is 2.89 bits per heavy atom. The molecule has 1 N–H and O–H groups in total. The second-order valence-electron chi connectivity index (χ2n) is 3.03. The molecule has 0 bridgehead atoms. The zero-order valence-corrected chi connectivity index (χ0v) is 11.4. The van der Waals surface area contributed by atoms with E-state index in [0.29, 0.717) is 17.5 Å². The van der Waals surface area contributed by atoms with Gasteiger partial charge in [0.05, 0.1) is 17.3 Å². The van der Waals surface area contributed by atoms with Gasteiger partial charge in [-0.3, -0.25) is 5.32 Å². The molecule has 0 fully saturated rings. The predicted octanol–water partition coefficient (Wildman–Crippen LogP) is 3.30. The summed E-state index contributed by atoms with van der Waals surface area (Å²) in [6.45, 7) is 2.07. The van der Waals surface area contributed by atoms with E-state index in [-0.39, 0.29) is 10.8 Å². The van der Waals surface area contributed by atoms with Crippen LogP contribution in [0, 0.1) is 17.3 Å². The van der Waals surface area contributed by atoms with Gasteiger partial charge in [0.2, 0.25) is 0 Å². The zero-order chi connectivity index (χ0) is 13.5. The molecule has 4 nitrogen and oxygen atoms in total. The smallest absolute Gasteiger partial charge is 0.183 e.